The first-order valence-corrected chi connectivity index (χ1v) is 9.13. The Hall–Kier alpha value is -1.70. The summed E-state index contributed by atoms with van der Waals surface area (Å²) in [6.45, 7) is 3.83. The molecule has 146 valence electrons. The van der Waals surface area contributed by atoms with Crippen molar-refractivity contribution in [1.82, 2.24) is 10.6 Å². The van der Waals surface area contributed by atoms with Crippen LogP contribution in [0, 0.1) is 5.82 Å². The maximum absolute atomic E-state index is 13.6. The van der Waals surface area contributed by atoms with Gasteiger partial charge < -0.3 is 24.8 Å². The molecule has 6 nitrogen and oxygen atoms in total. The molecule has 0 spiro atoms. The number of rotatable bonds is 10. The number of halogens is 1. The van der Waals surface area contributed by atoms with Crippen LogP contribution in [0.25, 0.3) is 0 Å². The lowest BCUT2D eigenvalue weighted by atomic mass is 10.1. The molecule has 1 heterocycles. The minimum atomic E-state index is -0.249. The van der Waals surface area contributed by atoms with E-state index in [4.69, 9.17) is 14.2 Å². The van der Waals surface area contributed by atoms with Crippen LogP contribution in [0.5, 0.6) is 0 Å². The van der Waals surface area contributed by atoms with Crippen LogP contribution in [0.15, 0.2) is 23.2 Å². The Morgan fingerprint density at radius 3 is 3.00 bits per heavy atom. The van der Waals surface area contributed by atoms with Gasteiger partial charge in [-0.05, 0) is 37.0 Å². The number of guanidine groups is 1. The van der Waals surface area contributed by atoms with E-state index in [0.717, 1.165) is 38.0 Å². The maximum atomic E-state index is 13.6. The van der Waals surface area contributed by atoms with Crippen LogP contribution in [-0.2, 0) is 27.4 Å². The molecule has 0 radical (unpaired) electrons. The van der Waals surface area contributed by atoms with Crippen LogP contribution in [0.4, 0.5) is 4.39 Å². The summed E-state index contributed by atoms with van der Waals surface area (Å²) < 4.78 is 29.8. The van der Waals surface area contributed by atoms with Crippen LogP contribution >= 0.6 is 0 Å². The smallest absolute Gasteiger partial charge is 0.191 e. The first-order valence-electron chi connectivity index (χ1n) is 9.13. The van der Waals surface area contributed by atoms with E-state index in [1.165, 1.54) is 6.07 Å². The Bertz CT molecular complexity index is 563. The fraction of sp³-hybridized carbons (Fsp3) is 0.632. The highest BCUT2D eigenvalue weighted by molar-refractivity contribution is 5.79. The van der Waals surface area contributed by atoms with Gasteiger partial charge in [0.05, 0.1) is 19.3 Å². The monoisotopic (exact) mass is 367 g/mol. The topological polar surface area (TPSA) is 64.1 Å². The Morgan fingerprint density at radius 2 is 2.27 bits per heavy atom. The Balaban J connectivity index is 1.62. The average Bonchev–Trinajstić information content (AvgIpc) is 3.16. The lowest BCUT2D eigenvalue weighted by Crippen LogP contribution is -2.37. The van der Waals surface area contributed by atoms with Gasteiger partial charge in [0.15, 0.2) is 5.96 Å². The summed E-state index contributed by atoms with van der Waals surface area (Å²) in [6, 6.07) is 5.03. The van der Waals surface area contributed by atoms with Crippen molar-refractivity contribution in [2.75, 3.05) is 40.5 Å². The normalized spacial score (nSPS) is 17.5. The van der Waals surface area contributed by atoms with Crippen LogP contribution in [-0.4, -0.2) is 52.6 Å². The molecule has 1 aromatic carbocycles. The molecular weight excluding hydrogens is 337 g/mol. The number of benzene rings is 1. The quantitative estimate of drug-likeness (QED) is 0.377. The van der Waals surface area contributed by atoms with Gasteiger partial charge in [-0.1, -0.05) is 6.07 Å². The predicted octanol–water partition coefficient (Wildman–Crippen LogP) is 2.22. The highest BCUT2D eigenvalue weighted by atomic mass is 19.1. The minimum absolute atomic E-state index is 0.249. The molecule has 1 saturated heterocycles. The van der Waals surface area contributed by atoms with Crippen LogP contribution in [0.3, 0.4) is 0 Å². The number of nitrogens with zero attached hydrogens (tertiary/aromatic N) is 1. The van der Waals surface area contributed by atoms with Gasteiger partial charge in [0.1, 0.15) is 5.82 Å². The molecule has 2 rings (SSSR count). The van der Waals surface area contributed by atoms with E-state index >= 15 is 0 Å². The van der Waals surface area contributed by atoms with Crippen molar-refractivity contribution in [3.05, 3.63) is 35.1 Å². The fourth-order valence-corrected chi connectivity index (χ4v) is 2.78. The lowest BCUT2D eigenvalue weighted by molar-refractivity contribution is 0.0168. The third-order valence-electron chi connectivity index (χ3n) is 4.18. The summed E-state index contributed by atoms with van der Waals surface area (Å²) in [7, 11) is 3.28. The van der Waals surface area contributed by atoms with E-state index in [1.807, 2.05) is 0 Å². The van der Waals surface area contributed by atoms with Crippen molar-refractivity contribution in [2.24, 2.45) is 4.99 Å². The summed E-state index contributed by atoms with van der Waals surface area (Å²) in [5, 5.41) is 6.47. The van der Waals surface area contributed by atoms with Gasteiger partial charge in [-0.2, -0.15) is 0 Å². The van der Waals surface area contributed by atoms with Gasteiger partial charge in [-0.25, -0.2) is 4.39 Å². The molecule has 2 N–H and O–H groups in total. The van der Waals surface area contributed by atoms with Crippen molar-refractivity contribution in [3.63, 3.8) is 0 Å². The van der Waals surface area contributed by atoms with Crippen LogP contribution in [0.1, 0.15) is 30.4 Å². The molecule has 0 aromatic heterocycles. The van der Waals surface area contributed by atoms with E-state index in [9.17, 15) is 4.39 Å². The summed E-state index contributed by atoms with van der Waals surface area (Å²) in [5.41, 5.74) is 1.53. The van der Waals surface area contributed by atoms with E-state index in [-0.39, 0.29) is 18.5 Å². The van der Waals surface area contributed by atoms with E-state index < -0.39 is 0 Å². The SMILES string of the molecule is CN=C(NCCCOCC1CCCO1)NCc1ccc(F)c(COC)c1. The van der Waals surface area contributed by atoms with Crippen LogP contribution < -0.4 is 10.6 Å². The second kappa shape index (κ2) is 11.8. The molecule has 1 aromatic rings. The zero-order valence-electron chi connectivity index (χ0n) is 15.7. The molecule has 1 aliphatic heterocycles. The highest BCUT2D eigenvalue weighted by Crippen LogP contribution is 2.12. The molecular formula is C19H30FN3O3. The number of methoxy groups -OCH3 is 1. The van der Waals surface area contributed by atoms with Crippen molar-refractivity contribution >= 4 is 5.96 Å². The third-order valence-corrected chi connectivity index (χ3v) is 4.18. The zero-order chi connectivity index (χ0) is 18.6. The van der Waals surface area contributed by atoms with Crippen molar-refractivity contribution in [3.8, 4) is 0 Å². The van der Waals surface area contributed by atoms with Gasteiger partial charge >= 0.3 is 0 Å². The standard InChI is InChI=1S/C19H30FN3O3/c1-21-19(22-8-4-9-25-14-17-5-3-10-26-17)23-12-15-6-7-18(20)16(11-15)13-24-2/h6-7,11,17H,3-5,8-10,12-14H2,1-2H3,(H2,21,22,23). The minimum Gasteiger partial charge on any atom is -0.380 e. The number of nitrogens with one attached hydrogen (secondary N) is 2. The molecule has 0 bridgehead atoms. The number of hydrogen-bond acceptors (Lipinski definition) is 4. The molecule has 0 saturated carbocycles. The van der Waals surface area contributed by atoms with E-state index in [2.05, 4.69) is 15.6 Å². The maximum Gasteiger partial charge on any atom is 0.191 e. The second-order valence-corrected chi connectivity index (χ2v) is 6.27. The third kappa shape index (κ3) is 7.27. The molecule has 1 fully saturated rings. The van der Waals surface area contributed by atoms with Crippen molar-refractivity contribution in [1.29, 1.82) is 0 Å². The summed E-state index contributed by atoms with van der Waals surface area (Å²) in [4.78, 5) is 4.20. The van der Waals surface area contributed by atoms with Gasteiger partial charge in [0.25, 0.3) is 0 Å². The molecule has 1 atom stereocenters. The second-order valence-electron chi connectivity index (χ2n) is 6.27. The molecule has 0 aliphatic carbocycles. The molecule has 7 heteroatoms. The van der Waals surface area contributed by atoms with E-state index in [1.54, 1.807) is 26.3 Å². The van der Waals surface area contributed by atoms with Gasteiger partial charge in [-0.15, -0.1) is 0 Å². The summed E-state index contributed by atoms with van der Waals surface area (Å²) in [6.07, 6.45) is 3.40. The van der Waals surface area contributed by atoms with Gasteiger partial charge in [-0.3, -0.25) is 4.99 Å². The van der Waals surface area contributed by atoms with Crippen LogP contribution in [0.2, 0.25) is 0 Å². The summed E-state index contributed by atoms with van der Waals surface area (Å²) >= 11 is 0. The fourth-order valence-electron chi connectivity index (χ4n) is 2.78. The number of aliphatic imine (C=N–C) groups is 1. The number of hydrogen-bond donors (Lipinski definition) is 2. The highest BCUT2D eigenvalue weighted by Gasteiger charge is 2.14. The zero-order valence-corrected chi connectivity index (χ0v) is 15.7. The molecule has 1 unspecified atom stereocenters. The Kier molecular flexibility index (Phi) is 9.38. The summed E-state index contributed by atoms with van der Waals surface area (Å²) in [5.74, 6) is 0.461. The predicted molar refractivity (Wildman–Crippen MR) is 99.7 cm³/mol. The molecule has 0 amide bonds. The average molecular weight is 367 g/mol. The number of ether oxygens (including phenoxy) is 3. The Labute approximate surface area is 155 Å². The van der Waals surface area contributed by atoms with Crippen molar-refractivity contribution in [2.45, 2.75) is 38.5 Å². The van der Waals surface area contributed by atoms with Gasteiger partial charge in [0, 0.05) is 46.0 Å². The van der Waals surface area contributed by atoms with Crippen molar-refractivity contribution < 1.29 is 18.6 Å². The largest absolute Gasteiger partial charge is 0.380 e. The van der Waals surface area contributed by atoms with Gasteiger partial charge in [0.2, 0.25) is 0 Å². The Morgan fingerprint density at radius 1 is 1.38 bits per heavy atom. The van der Waals surface area contributed by atoms with E-state index in [0.29, 0.717) is 31.3 Å². The first-order chi connectivity index (χ1) is 12.7. The molecule has 26 heavy (non-hydrogen) atoms. The molecule has 1 aliphatic rings. The lowest BCUT2D eigenvalue weighted by Gasteiger charge is -2.13. The first kappa shape index (κ1) is 20.6.